The predicted molar refractivity (Wildman–Crippen MR) is 108 cm³/mol. The highest BCUT2D eigenvalue weighted by Gasteiger charge is 2.15. The molecule has 0 unspecified atom stereocenters. The number of hydrogen-bond donors (Lipinski definition) is 1. The molecule has 0 saturated carbocycles. The number of aromatic nitrogens is 2. The van der Waals surface area contributed by atoms with Crippen LogP contribution in [0.4, 0.5) is 5.82 Å². The molecule has 4 nitrogen and oxygen atoms in total. The summed E-state index contributed by atoms with van der Waals surface area (Å²) in [6, 6.07) is 12.5. The van der Waals surface area contributed by atoms with Gasteiger partial charge in [0.05, 0.1) is 15.6 Å². The van der Waals surface area contributed by atoms with Gasteiger partial charge in [-0.1, -0.05) is 38.5 Å². The van der Waals surface area contributed by atoms with Crippen molar-refractivity contribution in [3.05, 3.63) is 53.2 Å². The lowest BCUT2D eigenvalue weighted by atomic mass is 10.0. The van der Waals surface area contributed by atoms with Gasteiger partial charge in [-0.3, -0.25) is 4.79 Å². The SMILES string of the molecule is CCCc1cccc(-c2nc(CC)sc2-c2ccnc(NC(C)=O)c2)c1. The monoisotopic (exact) mass is 365 g/mol. The Morgan fingerprint density at radius 1 is 1.15 bits per heavy atom. The molecule has 1 aromatic carbocycles. The van der Waals surface area contributed by atoms with Crippen LogP contribution in [-0.2, 0) is 17.6 Å². The zero-order chi connectivity index (χ0) is 18.5. The largest absolute Gasteiger partial charge is 0.311 e. The van der Waals surface area contributed by atoms with Crippen LogP contribution in [0.15, 0.2) is 42.6 Å². The lowest BCUT2D eigenvalue weighted by Crippen LogP contribution is -2.07. The van der Waals surface area contributed by atoms with Gasteiger partial charge in [-0.05, 0) is 42.2 Å². The second-order valence-corrected chi connectivity index (χ2v) is 7.28. The van der Waals surface area contributed by atoms with E-state index in [0.29, 0.717) is 5.82 Å². The first-order valence-corrected chi connectivity index (χ1v) is 9.75. The van der Waals surface area contributed by atoms with E-state index in [1.165, 1.54) is 12.5 Å². The molecule has 0 aliphatic rings. The number of anilines is 1. The minimum atomic E-state index is -0.124. The first kappa shape index (κ1) is 18.3. The average molecular weight is 366 g/mol. The molecule has 2 heterocycles. The summed E-state index contributed by atoms with van der Waals surface area (Å²) < 4.78 is 0. The van der Waals surface area contributed by atoms with Gasteiger partial charge >= 0.3 is 0 Å². The molecule has 0 spiro atoms. The maximum atomic E-state index is 11.3. The van der Waals surface area contributed by atoms with Crippen molar-refractivity contribution in [1.29, 1.82) is 0 Å². The van der Waals surface area contributed by atoms with E-state index in [1.807, 2.05) is 12.1 Å². The minimum Gasteiger partial charge on any atom is -0.311 e. The zero-order valence-electron chi connectivity index (χ0n) is 15.4. The number of hydrogen-bond acceptors (Lipinski definition) is 4. The van der Waals surface area contributed by atoms with Crippen LogP contribution in [0, 0.1) is 0 Å². The molecule has 2 aromatic heterocycles. The van der Waals surface area contributed by atoms with Crippen molar-refractivity contribution in [2.75, 3.05) is 5.32 Å². The quantitative estimate of drug-likeness (QED) is 0.641. The molecule has 0 aliphatic heterocycles. The van der Waals surface area contributed by atoms with Gasteiger partial charge in [-0.25, -0.2) is 9.97 Å². The minimum absolute atomic E-state index is 0.124. The Bertz CT molecular complexity index is 917. The number of amides is 1. The summed E-state index contributed by atoms with van der Waals surface area (Å²) in [5.41, 5.74) is 4.50. The molecular formula is C21H23N3OS. The molecule has 0 atom stereocenters. The summed E-state index contributed by atoms with van der Waals surface area (Å²) in [6.45, 7) is 5.80. The van der Waals surface area contributed by atoms with Gasteiger partial charge in [-0.15, -0.1) is 11.3 Å². The number of thiazole rings is 1. The van der Waals surface area contributed by atoms with Crippen molar-refractivity contribution < 1.29 is 4.79 Å². The van der Waals surface area contributed by atoms with E-state index in [4.69, 9.17) is 4.98 Å². The molecule has 0 aliphatic carbocycles. The van der Waals surface area contributed by atoms with Gasteiger partial charge in [0, 0.05) is 18.7 Å². The smallest absolute Gasteiger partial charge is 0.222 e. The summed E-state index contributed by atoms with van der Waals surface area (Å²) in [5, 5.41) is 3.86. The molecule has 0 bridgehead atoms. The molecule has 3 rings (SSSR count). The predicted octanol–water partition coefficient (Wildman–Crippen LogP) is 5.35. The van der Waals surface area contributed by atoms with Gasteiger partial charge < -0.3 is 5.32 Å². The lowest BCUT2D eigenvalue weighted by Gasteiger charge is -2.07. The van der Waals surface area contributed by atoms with Crippen molar-refractivity contribution in [3.63, 3.8) is 0 Å². The third-order valence-electron chi connectivity index (χ3n) is 4.04. The second kappa shape index (κ2) is 8.23. The molecule has 0 saturated heterocycles. The van der Waals surface area contributed by atoms with Crippen molar-refractivity contribution >= 4 is 23.1 Å². The van der Waals surface area contributed by atoms with E-state index in [-0.39, 0.29) is 5.91 Å². The Kier molecular flexibility index (Phi) is 5.78. The van der Waals surface area contributed by atoms with Crippen LogP contribution in [0.25, 0.3) is 21.7 Å². The Hall–Kier alpha value is -2.53. The molecule has 134 valence electrons. The van der Waals surface area contributed by atoms with Crippen LogP contribution >= 0.6 is 11.3 Å². The van der Waals surface area contributed by atoms with Gasteiger partial charge in [0.25, 0.3) is 0 Å². The summed E-state index contributed by atoms with van der Waals surface area (Å²) in [7, 11) is 0. The van der Waals surface area contributed by atoms with Gasteiger partial charge in [0.1, 0.15) is 5.82 Å². The van der Waals surface area contributed by atoms with Crippen molar-refractivity contribution in [2.24, 2.45) is 0 Å². The van der Waals surface area contributed by atoms with E-state index in [1.54, 1.807) is 17.5 Å². The Morgan fingerprint density at radius 2 is 2.00 bits per heavy atom. The zero-order valence-corrected chi connectivity index (χ0v) is 16.2. The second-order valence-electron chi connectivity index (χ2n) is 6.20. The van der Waals surface area contributed by atoms with Crippen LogP contribution in [0.2, 0.25) is 0 Å². The Labute approximate surface area is 158 Å². The number of nitrogens with zero attached hydrogens (tertiary/aromatic N) is 2. The van der Waals surface area contributed by atoms with Crippen LogP contribution in [0.3, 0.4) is 0 Å². The number of carbonyl (C=O) groups is 1. The van der Waals surface area contributed by atoms with E-state index in [9.17, 15) is 4.79 Å². The van der Waals surface area contributed by atoms with Crippen LogP contribution in [0.5, 0.6) is 0 Å². The van der Waals surface area contributed by atoms with E-state index in [2.05, 4.69) is 48.4 Å². The number of carbonyl (C=O) groups excluding carboxylic acids is 1. The normalized spacial score (nSPS) is 10.7. The molecule has 1 amide bonds. The number of aryl methyl sites for hydroxylation is 2. The van der Waals surface area contributed by atoms with E-state index >= 15 is 0 Å². The fourth-order valence-electron chi connectivity index (χ4n) is 2.89. The maximum Gasteiger partial charge on any atom is 0.222 e. The van der Waals surface area contributed by atoms with Gasteiger partial charge in [-0.2, -0.15) is 0 Å². The standard InChI is InChI=1S/C21H23N3OS/c1-4-7-15-8-6-9-16(12-15)20-21(26-19(5-2)24-20)17-10-11-22-18(13-17)23-14(3)25/h6,8-13H,4-5,7H2,1-3H3,(H,22,23,25). The van der Waals surface area contributed by atoms with Crippen molar-refractivity contribution in [2.45, 2.75) is 40.0 Å². The van der Waals surface area contributed by atoms with Gasteiger partial charge in [0.15, 0.2) is 0 Å². The Balaban J connectivity index is 2.07. The third kappa shape index (κ3) is 4.17. The van der Waals surface area contributed by atoms with Gasteiger partial charge in [0.2, 0.25) is 5.91 Å². The molecule has 5 heteroatoms. The molecular weight excluding hydrogens is 342 g/mol. The average Bonchev–Trinajstić information content (AvgIpc) is 3.06. The first-order chi connectivity index (χ1) is 12.6. The summed E-state index contributed by atoms with van der Waals surface area (Å²) >= 11 is 1.70. The number of rotatable bonds is 6. The highest BCUT2D eigenvalue weighted by atomic mass is 32.1. The fraction of sp³-hybridized carbons (Fsp3) is 0.286. The van der Waals surface area contributed by atoms with E-state index < -0.39 is 0 Å². The molecule has 1 N–H and O–H groups in total. The first-order valence-electron chi connectivity index (χ1n) is 8.93. The number of benzene rings is 1. The molecule has 0 fully saturated rings. The molecule has 26 heavy (non-hydrogen) atoms. The maximum absolute atomic E-state index is 11.3. The third-order valence-corrected chi connectivity index (χ3v) is 5.29. The highest BCUT2D eigenvalue weighted by Crippen LogP contribution is 2.38. The topological polar surface area (TPSA) is 54.9 Å². The van der Waals surface area contributed by atoms with Crippen molar-refractivity contribution in [1.82, 2.24) is 9.97 Å². The number of nitrogens with one attached hydrogen (secondary N) is 1. The van der Waals surface area contributed by atoms with Crippen molar-refractivity contribution in [3.8, 4) is 21.7 Å². The summed E-state index contributed by atoms with van der Waals surface area (Å²) in [6.07, 6.45) is 4.81. The summed E-state index contributed by atoms with van der Waals surface area (Å²) in [4.78, 5) is 21.6. The highest BCUT2D eigenvalue weighted by molar-refractivity contribution is 7.15. The van der Waals surface area contributed by atoms with Crippen LogP contribution in [-0.4, -0.2) is 15.9 Å². The van der Waals surface area contributed by atoms with E-state index in [0.717, 1.165) is 46.0 Å². The molecule has 3 aromatic rings. The molecule has 0 radical (unpaired) electrons. The Morgan fingerprint density at radius 3 is 2.73 bits per heavy atom. The van der Waals surface area contributed by atoms with Crippen LogP contribution in [0.1, 0.15) is 37.8 Å². The number of pyridine rings is 1. The fourth-order valence-corrected chi connectivity index (χ4v) is 3.91. The lowest BCUT2D eigenvalue weighted by molar-refractivity contribution is -0.114. The summed E-state index contributed by atoms with van der Waals surface area (Å²) in [5.74, 6) is 0.438. The van der Waals surface area contributed by atoms with Crippen LogP contribution < -0.4 is 5.32 Å².